The number of alkyl halides is 2. The Morgan fingerprint density at radius 2 is 1.89 bits per heavy atom. The number of halogens is 3. The van der Waals surface area contributed by atoms with Crippen molar-refractivity contribution >= 4 is 40.6 Å². The van der Waals surface area contributed by atoms with Gasteiger partial charge in [0.2, 0.25) is 0 Å². The standard InChI is InChI=1S/C27H24F3N7O/c1-16(13-33-31-2)17-4-7-19(8-5-17)34-22-10-11-32-25(35-22)20-9-6-18-12-21(36(3)24(18)23(20)28)26(38)37-14-27(29,30)15-37/h4-13,33H,2,14-15H2,1,3H3,(H,32,34,35)/b16-13+. The summed E-state index contributed by atoms with van der Waals surface area (Å²) in [6, 6.07) is 14.0. The normalized spacial score (nSPS) is 14.8. The molecule has 11 heteroatoms. The maximum absolute atomic E-state index is 15.7. The summed E-state index contributed by atoms with van der Waals surface area (Å²) >= 11 is 0. The number of hydrogen-bond donors (Lipinski definition) is 2. The van der Waals surface area contributed by atoms with Crippen LogP contribution in [0.3, 0.4) is 0 Å². The molecule has 0 bridgehead atoms. The molecule has 0 atom stereocenters. The molecule has 38 heavy (non-hydrogen) atoms. The van der Waals surface area contributed by atoms with E-state index in [0.717, 1.165) is 21.7 Å². The number of benzene rings is 2. The van der Waals surface area contributed by atoms with Crippen LogP contribution in [0.15, 0.2) is 66.0 Å². The molecule has 2 N–H and O–H groups in total. The van der Waals surface area contributed by atoms with Gasteiger partial charge in [-0.15, -0.1) is 0 Å². The van der Waals surface area contributed by atoms with Crippen molar-refractivity contribution < 1.29 is 18.0 Å². The molecule has 3 heterocycles. The van der Waals surface area contributed by atoms with Crippen LogP contribution in [0.1, 0.15) is 23.0 Å². The number of hydrogen-bond acceptors (Lipinski definition) is 6. The maximum Gasteiger partial charge on any atom is 0.282 e. The van der Waals surface area contributed by atoms with Crippen LogP contribution in [-0.4, -0.2) is 51.1 Å². The van der Waals surface area contributed by atoms with Crippen molar-refractivity contribution in [2.24, 2.45) is 12.1 Å². The molecule has 0 unspecified atom stereocenters. The quantitative estimate of drug-likeness (QED) is 0.260. The second kappa shape index (κ2) is 9.66. The maximum atomic E-state index is 15.7. The largest absolute Gasteiger partial charge is 0.340 e. The lowest BCUT2D eigenvalue weighted by molar-refractivity contribution is -0.113. The minimum atomic E-state index is -2.88. The third-order valence-corrected chi connectivity index (χ3v) is 6.37. The van der Waals surface area contributed by atoms with Gasteiger partial charge in [0.1, 0.15) is 11.5 Å². The molecule has 0 saturated carbocycles. The van der Waals surface area contributed by atoms with Crippen LogP contribution in [0.2, 0.25) is 0 Å². The van der Waals surface area contributed by atoms with Crippen LogP contribution in [0.25, 0.3) is 27.9 Å². The van der Waals surface area contributed by atoms with Crippen molar-refractivity contribution in [1.82, 2.24) is 24.9 Å². The van der Waals surface area contributed by atoms with E-state index in [9.17, 15) is 13.6 Å². The number of nitrogens with zero attached hydrogens (tertiary/aromatic N) is 5. The van der Waals surface area contributed by atoms with Crippen molar-refractivity contribution in [3.8, 4) is 11.4 Å². The Kier molecular flexibility index (Phi) is 6.35. The van der Waals surface area contributed by atoms with Gasteiger partial charge in [-0.05, 0) is 48.4 Å². The molecule has 8 nitrogen and oxygen atoms in total. The highest BCUT2D eigenvalue weighted by atomic mass is 19.3. The Labute approximate surface area is 216 Å². The van der Waals surface area contributed by atoms with E-state index < -0.39 is 30.7 Å². The number of aryl methyl sites for hydroxylation is 1. The molecule has 2 aromatic carbocycles. The van der Waals surface area contributed by atoms with Crippen molar-refractivity contribution in [3.63, 3.8) is 0 Å². The number of hydrazone groups is 1. The van der Waals surface area contributed by atoms with Crippen LogP contribution in [0, 0.1) is 5.82 Å². The Balaban J connectivity index is 1.40. The van der Waals surface area contributed by atoms with Crippen LogP contribution in [0.5, 0.6) is 0 Å². The molecule has 1 amide bonds. The first kappa shape index (κ1) is 25.0. The van der Waals surface area contributed by atoms with Crippen molar-refractivity contribution in [2.75, 3.05) is 18.4 Å². The van der Waals surface area contributed by atoms with Gasteiger partial charge in [0, 0.05) is 37.2 Å². The molecule has 2 aromatic heterocycles. The lowest BCUT2D eigenvalue weighted by atomic mass is 10.1. The van der Waals surface area contributed by atoms with Crippen molar-refractivity contribution in [2.45, 2.75) is 12.8 Å². The van der Waals surface area contributed by atoms with E-state index >= 15 is 4.39 Å². The van der Waals surface area contributed by atoms with Gasteiger partial charge in [-0.3, -0.25) is 10.2 Å². The van der Waals surface area contributed by atoms with Crippen molar-refractivity contribution in [3.05, 3.63) is 78.0 Å². The number of anilines is 2. The van der Waals surface area contributed by atoms with E-state index in [1.54, 1.807) is 24.4 Å². The van der Waals surface area contributed by atoms with E-state index in [1.807, 2.05) is 31.2 Å². The zero-order chi connectivity index (χ0) is 27.0. The smallest absolute Gasteiger partial charge is 0.282 e. The van der Waals surface area contributed by atoms with Crippen LogP contribution >= 0.6 is 0 Å². The fourth-order valence-electron chi connectivity index (χ4n) is 4.35. The third kappa shape index (κ3) is 4.70. The lowest BCUT2D eigenvalue weighted by Crippen LogP contribution is -2.58. The molecule has 4 aromatic rings. The molecule has 1 aliphatic rings. The number of carbonyl (C=O) groups is 1. The minimum absolute atomic E-state index is 0.132. The van der Waals surface area contributed by atoms with Crippen molar-refractivity contribution in [1.29, 1.82) is 0 Å². The Hall–Kier alpha value is -4.67. The molecular formula is C27H24F3N7O. The third-order valence-electron chi connectivity index (χ3n) is 6.37. The summed E-state index contributed by atoms with van der Waals surface area (Å²) in [4.78, 5) is 22.5. The number of aromatic nitrogens is 3. The highest BCUT2D eigenvalue weighted by Crippen LogP contribution is 2.32. The average Bonchev–Trinajstić information content (AvgIpc) is 3.23. The molecule has 5 rings (SSSR count). The Morgan fingerprint density at radius 3 is 2.58 bits per heavy atom. The fourth-order valence-corrected chi connectivity index (χ4v) is 4.35. The predicted molar refractivity (Wildman–Crippen MR) is 141 cm³/mol. The molecule has 1 fully saturated rings. The summed E-state index contributed by atoms with van der Waals surface area (Å²) in [5.41, 5.74) is 5.90. The molecule has 0 aliphatic carbocycles. The van der Waals surface area contributed by atoms with Gasteiger partial charge in [0.25, 0.3) is 11.8 Å². The number of nitrogens with one attached hydrogen (secondary N) is 2. The van der Waals surface area contributed by atoms with Crippen LogP contribution in [0.4, 0.5) is 24.7 Å². The predicted octanol–water partition coefficient (Wildman–Crippen LogP) is 5.18. The summed E-state index contributed by atoms with van der Waals surface area (Å²) in [7, 11) is 1.53. The number of amides is 1. The highest BCUT2D eigenvalue weighted by molar-refractivity contribution is 6.00. The van der Waals surface area contributed by atoms with E-state index in [0.29, 0.717) is 11.2 Å². The van der Waals surface area contributed by atoms with Gasteiger partial charge in [-0.2, -0.15) is 5.10 Å². The second-order valence-electron chi connectivity index (χ2n) is 9.05. The first-order valence-electron chi connectivity index (χ1n) is 11.7. The minimum Gasteiger partial charge on any atom is -0.340 e. The van der Waals surface area contributed by atoms with Crippen LogP contribution in [-0.2, 0) is 7.05 Å². The van der Waals surface area contributed by atoms with E-state index in [2.05, 4.69) is 32.5 Å². The van der Waals surface area contributed by atoms with Gasteiger partial charge in [-0.1, -0.05) is 18.2 Å². The molecular weight excluding hydrogens is 495 g/mol. The van der Waals surface area contributed by atoms with Crippen LogP contribution < -0.4 is 10.7 Å². The SMILES string of the molecule is C=NN/C=C(\C)c1ccc(Nc2ccnc(-c3ccc4cc(C(=O)N5CC(F)(F)C5)n(C)c4c3F)n2)cc1. The number of fused-ring (bicyclic) bond motifs is 1. The first-order valence-corrected chi connectivity index (χ1v) is 11.7. The Morgan fingerprint density at radius 1 is 1.16 bits per heavy atom. The summed E-state index contributed by atoms with van der Waals surface area (Å²) in [6.07, 6.45) is 3.26. The number of rotatable bonds is 7. The van der Waals surface area contributed by atoms with Gasteiger partial charge < -0.3 is 14.8 Å². The number of likely N-dealkylation sites (tertiary alicyclic amines) is 1. The molecule has 0 radical (unpaired) electrons. The van der Waals surface area contributed by atoms with E-state index in [-0.39, 0.29) is 22.6 Å². The summed E-state index contributed by atoms with van der Waals surface area (Å²) in [5, 5.41) is 7.25. The summed E-state index contributed by atoms with van der Waals surface area (Å²) in [5.74, 6) is -3.43. The number of carbonyl (C=O) groups excluding carboxylic acids is 1. The zero-order valence-corrected chi connectivity index (χ0v) is 20.7. The van der Waals surface area contributed by atoms with Gasteiger partial charge in [-0.25, -0.2) is 23.1 Å². The molecule has 0 spiro atoms. The van der Waals surface area contributed by atoms with E-state index in [1.165, 1.54) is 23.9 Å². The van der Waals surface area contributed by atoms with Gasteiger partial charge in [0.15, 0.2) is 11.6 Å². The zero-order valence-electron chi connectivity index (χ0n) is 20.7. The topological polar surface area (TPSA) is 87.4 Å². The van der Waals surface area contributed by atoms with E-state index in [4.69, 9.17) is 0 Å². The summed E-state index contributed by atoms with van der Waals surface area (Å²) < 4.78 is 43.6. The summed E-state index contributed by atoms with van der Waals surface area (Å²) in [6.45, 7) is 4.03. The molecule has 1 aliphatic heterocycles. The highest BCUT2D eigenvalue weighted by Gasteiger charge is 2.47. The average molecular weight is 520 g/mol. The van der Waals surface area contributed by atoms with Gasteiger partial charge in [0.05, 0.1) is 24.2 Å². The lowest BCUT2D eigenvalue weighted by Gasteiger charge is -2.38. The monoisotopic (exact) mass is 519 g/mol. The number of allylic oxidation sites excluding steroid dienone is 1. The molecule has 1 saturated heterocycles. The molecule has 194 valence electrons. The first-order chi connectivity index (χ1) is 18.2. The Bertz CT molecular complexity index is 1570. The van der Waals surface area contributed by atoms with Gasteiger partial charge >= 0.3 is 0 Å². The fraction of sp³-hybridized carbons (Fsp3) is 0.185. The second-order valence-corrected chi connectivity index (χ2v) is 9.05.